The summed E-state index contributed by atoms with van der Waals surface area (Å²) in [5.41, 5.74) is 2.92. The van der Waals surface area contributed by atoms with E-state index in [2.05, 4.69) is 15.5 Å². The molecule has 2 N–H and O–H groups in total. The van der Waals surface area contributed by atoms with E-state index in [4.69, 9.17) is 0 Å². The summed E-state index contributed by atoms with van der Waals surface area (Å²) in [6, 6.07) is 9.85. The summed E-state index contributed by atoms with van der Waals surface area (Å²) in [6.45, 7) is 3.40. The molecule has 0 spiro atoms. The van der Waals surface area contributed by atoms with Gasteiger partial charge in [-0.1, -0.05) is 30.3 Å². The molecule has 0 aliphatic carbocycles. The smallest absolute Gasteiger partial charge is 0.222 e. The van der Waals surface area contributed by atoms with Crippen molar-refractivity contribution in [1.82, 2.24) is 10.2 Å². The van der Waals surface area contributed by atoms with Gasteiger partial charge in [-0.15, -0.1) is 0 Å². The zero-order valence-electron chi connectivity index (χ0n) is 9.24. The number of hydrogen-bond acceptors (Lipinski definition) is 2. The highest BCUT2D eigenvalue weighted by Gasteiger charge is 2.12. The highest BCUT2D eigenvalue weighted by atomic mass is 16.1. The number of aromatic nitrogens is 2. The zero-order valence-corrected chi connectivity index (χ0v) is 9.24. The minimum Gasteiger partial charge on any atom is -0.309 e. The Morgan fingerprint density at radius 3 is 2.62 bits per heavy atom. The lowest BCUT2D eigenvalue weighted by Crippen LogP contribution is -2.07. The zero-order chi connectivity index (χ0) is 11.5. The number of carbonyl (C=O) groups excluding carboxylic acids is 1. The van der Waals surface area contributed by atoms with Crippen LogP contribution in [0.5, 0.6) is 0 Å². The van der Waals surface area contributed by atoms with Crippen molar-refractivity contribution >= 4 is 11.7 Å². The van der Waals surface area contributed by atoms with E-state index >= 15 is 0 Å². The van der Waals surface area contributed by atoms with Gasteiger partial charge in [0.2, 0.25) is 5.91 Å². The molecule has 0 saturated carbocycles. The number of nitrogens with zero attached hydrogens (tertiary/aromatic N) is 1. The number of carbonyl (C=O) groups is 1. The summed E-state index contributed by atoms with van der Waals surface area (Å²) in [6.07, 6.45) is 0. The molecule has 1 heterocycles. The fourth-order valence-electron chi connectivity index (χ4n) is 1.64. The van der Waals surface area contributed by atoms with Gasteiger partial charge in [0.25, 0.3) is 0 Å². The van der Waals surface area contributed by atoms with Crippen molar-refractivity contribution in [3.63, 3.8) is 0 Å². The summed E-state index contributed by atoms with van der Waals surface area (Å²) < 4.78 is 0. The first-order valence-electron chi connectivity index (χ1n) is 5.06. The van der Waals surface area contributed by atoms with Gasteiger partial charge in [0.1, 0.15) is 0 Å². The van der Waals surface area contributed by atoms with Gasteiger partial charge in [0, 0.05) is 18.2 Å². The molecule has 0 aliphatic rings. The van der Waals surface area contributed by atoms with E-state index in [-0.39, 0.29) is 5.91 Å². The van der Waals surface area contributed by atoms with E-state index < -0.39 is 0 Å². The quantitative estimate of drug-likeness (QED) is 0.807. The van der Waals surface area contributed by atoms with Crippen molar-refractivity contribution < 1.29 is 4.79 Å². The topological polar surface area (TPSA) is 57.8 Å². The van der Waals surface area contributed by atoms with Crippen molar-refractivity contribution in [1.29, 1.82) is 0 Å². The molecule has 82 valence electrons. The summed E-state index contributed by atoms with van der Waals surface area (Å²) in [4.78, 5) is 11.0. The van der Waals surface area contributed by atoms with Gasteiger partial charge >= 0.3 is 0 Å². The number of nitrogens with one attached hydrogen (secondary N) is 2. The van der Waals surface area contributed by atoms with E-state index in [9.17, 15) is 4.79 Å². The fraction of sp³-hybridized carbons (Fsp3) is 0.167. The van der Waals surface area contributed by atoms with Crippen LogP contribution in [0.1, 0.15) is 12.6 Å². The number of hydrogen-bond donors (Lipinski definition) is 2. The number of aryl methyl sites for hydroxylation is 1. The molecule has 16 heavy (non-hydrogen) atoms. The number of anilines is 1. The Bertz CT molecular complexity index is 502. The molecule has 4 heteroatoms. The maximum Gasteiger partial charge on any atom is 0.222 e. The Morgan fingerprint density at radius 2 is 2.00 bits per heavy atom. The van der Waals surface area contributed by atoms with Crippen molar-refractivity contribution in [3.05, 3.63) is 36.0 Å². The van der Waals surface area contributed by atoms with Crippen LogP contribution < -0.4 is 5.32 Å². The van der Waals surface area contributed by atoms with Crippen LogP contribution in [-0.4, -0.2) is 16.1 Å². The molecule has 0 unspecified atom stereocenters. The molecule has 0 fully saturated rings. The molecule has 1 aromatic heterocycles. The van der Waals surface area contributed by atoms with Gasteiger partial charge in [-0.3, -0.25) is 9.89 Å². The largest absolute Gasteiger partial charge is 0.309 e. The second kappa shape index (κ2) is 4.18. The summed E-state index contributed by atoms with van der Waals surface area (Å²) in [5.74, 6) is 0.458. The highest BCUT2D eigenvalue weighted by Crippen LogP contribution is 2.28. The minimum atomic E-state index is -0.122. The first-order valence-corrected chi connectivity index (χ1v) is 5.06. The van der Waals surface area contributed by atoms with Gasteiger partial charge in [-0.25, -0.2) is 0 Å². The number of aromatic amines is 1. The van der Waals surface area contributed by atoms with Crippen molar-refractivity contribution in [2.75, 3.05) is 5.32 Å². The predicted octanol–water partition coefficient (Wildman–Crippen LogP) is 2.34. The molecule has 2 aromatic rings. The van der Waals surface area contributed by atoms with E-state index in [0.717, 1.165) is 16.8 Å². The number of amides is 1. The predicted molar refractivity (Wildman–Crippen MR) is 63.1 cm³/mol. The van der Waals surface area contributed by atoms with Gasteiger partial charge in [-0.05, 0) is 12.5 Å². The monoisotopic (exact) mass is 215 g/mol. The SMILES string of the molecule is CC(=O)Nc1n[nH]c(C)c1-c1ccccc1. The standard InChI is InChI=1S/C12H13N3O/c1-8-11(10-6-4-3-5-7-10)12(15-14-8)13-9(2)16/h3-7H,1-2H3,(H2,13,14,15,16). The molecule has 0 saturated heterocycles. The van der Waals surface area contributed by atoms with E-state index in [1.807, 2.05) is 37.3 Å². The van der Waals surface area contributed by atoms with Crippen molar-refractivity contribution in [3.8, 4) is 11.1 Å². The van der Waals surface area contributed by atoms with E-state index in [1.54, 1.807) is 0 Å². The van der Waals surface area contributed by atoms with Crippen molar-refractivity contribution in [2.45, 2.75) is 13.8 Å². The lowest BCUT2D eigenvalue weighted by molar-refractivity contribution is -0.114. The van der Waals surface area contributed by atoms with Crippen LogP contribution >= 0.6 is 0 Å². The second-order valence-corrected chi connectivity index (χ2v) is 3.62. The third kappa shape index (κ3) is 1.95. The van der Waals surface area contributed by atoms with E-state index in [0.29, 0.717) is 5.82 Å². The molecule has 0 bridgehead atoms. The Morgan fingerprint density at radius 1 is 1.31 bits per heavy atom. The van der Waals surface area contributed by atoms with Crippen LogP contribution in [0.4, 0.5) is 5.82 Å². The molecule has 4 nitrogen and oxygen atoms in total. The highest BCUT2D eigenvalue weighted by molar-refractivity contribution is 5.93. The maximum atomic E-state index is 11.0. The first-order chi connectivity index (χ1) is 7.68. The molecule has 0 atom stereocenters. The summed E-state index contributed by atoms with van der Waals surface area (Å²) >= 11 is 0. The van der Waals surface area contributed by atoms with Crippen LogP contribution in [0.2, 0.25) is 0 Å². The van der Waals surface area contributed by atoms with Gasteiger partial charge < -0.3 is 5.32 Å². The lowest BCUT2D eigenvalue weighted by Gasteiger charge is -2.03. The molecule has 1 aromatic carbocycles. The molecule has 0 aliphatic heterocycles. The molecule has 1 amide bonds. The van der Waals surface area contributed by atoms with Gasteiger partial charge in [0.15, 0.2) is 5.82 Å². The van der Waals surface area contributed by atoms with E-state index in [1.165, 1.54) is 6.92 Å². The Hall–Kier alpha value is -2.10. The van der Waals surface area contributed by atoms with Gasteiger partial charge in [-0.2, -0.15) is 5.10 Å². The third-order valence-electron chi connectivity index (χ3n) is 2.30. The summed E-state index contributed by atoms with van der Waals surface area (Å²) in [5, 5.41) is 9.66. The Kier molecular flexibility index (Phi) is 2.72. The van der Waals surface area contributed by atoms with Crippen LogP contribution in [-0.2, 0) is 4.79 Å². The minimum absolute atomic E-state index is 0.122. The maximum absolute atomic E-state index is 11.0. The van der Waals surface area contributed by atoms with Crippen LogP contribution in [0.15, 0.2) is 30.3 Å². The molecule has 2 rings (SSSR count). The average Bonchev–Trinajstić information content (AvgIpc) is 2.60. The van der Waals surface area contributed by atoms with Crippen LogP contribution in [0, 0.1) is 6.92 Å². The summed E-state index contributed by atoms with van der Waals surface area (Å²) in [7, 11) is 0. The average molecular weight is 215 g/mol. The first kappa shape index (κ1) is 10.4. The molecular weight excluding hydrogens is 202 g/mol. The Balaban J connectivity index is 2.47. The number of benzene rings is 1. The third-order valence-corrected chi connectivity index (χ3v) is 2.30. The number of H-pyrrole nitrogens is 1. The molecule has 0 radical (unpaired) electrons. The van der Waals surface area contributed by atoms with Crippen LogP contribution in [0.25, 0.3) is 11.1 Å². The lowest BCUT2D eigenvalue weighted by atomic mass is 10.1. The van der Waals surface area contributed by atoms with Gasteiger partial charge in [0.05, 0.1) is 0 Å². The fourth-order valence-corrected chi connectivity index (χ4v) is 1.64. The second-order valence-electron chi connectivity index (χ2n) is 3.62. The normalized spacial score (nSPS) is 10.1. The van der Waals surface area contributed by atoms with Crippen molar-refractivity contribution in [2.24, 2.45) is 0 Å². The van der Waals surface area contributed by atoms with Crippen LogP contribution in [0.3, 0.4) is 0 Å². The molecular formula is C12H13N3O. The number of rotatable bonds is 2. The Labute approximate surface area is 93.7 Å².